The van der Waals surface area contributed by atoms with Crippen LogP contribution in [0, 0.1) is 0 Å². The lowest BCUT2D eigenvalue weighted by Crippen LogP contribution is -2.26. The van der Waals surface area contributed by atoms with Gasteiger partial charge >= 0.3 is 6.09 Å². The number of aromatic hydroxyl groups is 1. The number of rotatable bonds is 6. The van der Waals surface area contributed by atoms with Crippen LogP contribution in [0.25, 0.3) is 0 Å². The third-order valence-electron chi connectivity index (χ3n) is 2.43. The van der Waals surface area contributed by atoms with E-state index in [-0.39, 0.29) is 18.7 Å². The van der Waals surface area contributed by atoms with Crippen LogP contribution in [-0.2, 0) is 11.3 Å². The van der Waals surface area contributed by atoms with Crippen LogP contribution in [-0.4, -0.2) is 24.7 Å². The minimum Gasteiger partial charge on any atom is -0.504 e. The second-order valence-corrected chi connectivity index (χ2v) is 3.96. The van der Waals surface area contributed by atoms with Crippen molar-refractivity contribution in [3.8, 4) is 11.5 Å². The van der Waals surface area contributed by atoms with Gasteiger partial charge in [-0.25, -0.2) is 9.18 Å². The van der Waals surface area contributed by atoms with Gasteiger partial charge in [-0.2, -0.15) is 0 Å². The molecule has 106 valence electrons. The SMILES string of the molecule is CCCC(F)OC(=O)NCc1ccc(O)c(OC)c1. The first-order chi connectivity index (χ1) is 9.06. The average Bonchev–Trinajstić information content (AvgIpc) is 2.38. The highest BCUT2D eigenvalue weighted by Crippen LogP contribution is 2.26. The third kappa shape index (κ3) is 5.03. The molecule has 1 amide bonds. The van der Waals surface area contributed by atoms with Crippen LogP contribution in [0.2, 0.25) is 0 Å². The Bertz CT molecular complexity index is 425. The smallest absolute Gasteiger partial charge is 0.409 e. The highest BCUT2D eigenvalue weighted by Gasteiger charge is 2.11. The molecule has 1 unspecified atom stereocenters. The van der Waals surface area contributed by atoms with E-state index in [2.05, 4.69) is 10.1 Å². The summed E-state index contributed by atoms with van der Waals surface area (Å²) in [4.78, 5) is 11.3. The normalized spacial score (nSPS) is 11.7. The minimum absolute atomic E-state index is 0.0144. The Morgan fingerprint density at radius 1 is 1.53 bits per heavy atom. The molecule has 0 heterocycles. The summed E-state index contributed by atoms with van der Waals surface area (Å²) in [5.74, 6) is 0.322. The molecule has 0 bridgehead atoms. The number of carbonyl (C=O) groups is 1. The lowest BCUT2D eigenvalue weighted by molar-refractivity contribution is 0.00799. The molecular weight excluding hydrogens is 253 g/mol. The van der Waals surface area contributed by atoms with Crippen LogP contribution in [0.3, 0.4) is 0 Å². The van der Waals surface area contributed by atoms with Crippen molar-refractivity contribution in [3.63, 3.8) is 0 Å². The summed E-state index contributed by atoms with van der Waals surface area (Å²) >= 11 is 0. The molecular formula is C13H18FNO4. The Hall–Kier alpha value is -1.98. The van der Waals surface area contributed by atoms with E-state index in [0.29, 0.717) is 17.7 Å². The van der Waals surface area contributed by atoms with Crippen molar-refractivity contribution < 1.29 is 23.8 Å². The number of phenolic OH excluding ortho intramolecular Hbond substituents is 1. The van der Waals surface area contributed by atoms with Gasteiger partial charge in [0.1, 0.15) is 0 Å². The lowest BCUT2D eigenvalue weighted by atomic mass is 10.2. The Morgan fingerprint density at radius 3 is 2.89 bits per heavy atom. The number of benzene rings is 1. The molecule has 6 heteroatoms. The van der Waals surface area contributed by atoms with Gasteiger partial charge in [-0.1, -0.05) is 13.0 Å². The first-order valence-electron chi connectivity index (χ1n) is 6.01. The zero-order valence-corrected chi connectivity index (χ0v) is 11.0. The monoisotopic (exact) mass is 271 g/mol. The van der Waals surface area contributed by atoms with Crippen molar-refractivity contribution in [2.75, 3.05) is 7.11 Å². The summed E-state index contributed by atoms with van der Waals surface area (Å²) < 4.78 is 22.4. The summed E-state index contributed by atoms with van der Waals surface area (Å²) in [6.07, 6.45) is -1.61. The number of ether oxygens (including phenoxy) is 2. The first kappa shape index (κ1) is 15.1. The number of hydrogen-bond donors (Lipinski definition) is 2. The maximum absolute atomic E-state index is 13.0. The largest absolute Gasteiger partial charge is 0.504 e. The quantitative estimate of drug-likeness (QED) is 0.834. The molecule has 1 aromatic rings. The second kappa shape index (κ2) is 7.45. The number of halogens is 1. The summed E-state index contributed by atoms with van der Waals surface area (Å²) in [6, 6.07) is 4.65. The maximum Gasteiger partial charge on any atom is 0.409 e. The van der Waals surface area contributed by atoms with Crippen molar-refractivity contribution >= 4 is 6.09 Å². The van der Waals surface area contributed by atoms with Gasteiger partial charge in [-0.3, -0.25) is 0 Å². The van der Waals surface area contributed by atoms with Crippen molar-refractivity contribution in [1.82, 2.24) is 5.32 Å². The summed E-state index contributed by atoms with van der Waals surface area (Å²) in [6.45, 7) is 1.96. The zero-order valence-electron chi connectivity index (χ0n) is 11.0. The highest BCUT2D eigenvalue weighted by molar-refractivity contribution is 5.67. The number of hydrogen-bond acceptors (Lipinski definition) is 4. The third-order valence-corrected chi connectivity index (χ3v) is 2.43. The van der Waals surface area contributed by atoms with Crippen LogP contribution in [0.1, 0.15) is 25.3 Å². The summed E-state index contributed by atoms with van der Waals surface area (Å²) in [7, 11) is 1.43. The molecule has 0 aliphatic carbocycles. The number of carbonyl (C=O) groups excluding carboxylic acids is 1. The molecule has 5 nitrogen and oxygen atoms in total. The van der Waals surface area contributed by atoms with Gasteiger partial charge in [0.15, 0.2) is 11.5 Å². The molecule has 1 rings (SSSR count). The van der Waals surface area contributed by atoms with E-state index in [1.807, 2.05) is 0 Å². The Labute approximate surface area is 111 Å². The van der Waals surface area contributed by atoms with E-state index >= 15 is 0 Å². The van der Waals surface area contributed by atoms with E-state index in [4.69, 9.17) is 4.74 Å². The van der Waals surface area contributed by atoms with Gasteiger partial charge in [0.25, 0.3) is 0 Å². The van der Waals surface area contributed by atoms with Crippen LogP contribution >= 0.6 is 0 Å². The van der Waals surface area contributed by atoms with Crippen molar-refractivity contribution in [3.05, 3.63) is 23.8 Å². The number of phenols is 1. The van der Waals surface area contributed by atoms with Gasteiger partial charge in [-0.05, 0) is 24.1 Å². The van der Waals surface area contributed by atoms with Crippen LogP contribution in [0.5, 0.6) is 11.5 Å². The fourth-order valence-corrected chi connectivity index (χ4v) is 1.45. The molecule has 0 spiro atoms. The molecule has 0 saturated heterocycles. The first-order valence-corrected chi connectivity index (χ1v) is 6.01. The fraction of sp³-hybridized carbons (Fsp3) is 0.462. The molecule has 0 aliphatic rings. The van der Waals surface area contributed by atoms with E-state index in [1.54, 1.807) is 19.1 Å². The summed E-state index contributed by atoms with van der Waals surface area (Å²) in [5.41, 5.74) is 0.706. The van der Waals surface area contributed by atoms with E-state index in [0.717, 1.165) is 0 Å². The Kier molecular flexibility index (Phi) is 5.92. The van der Waals surface area contributed by atoms with E-state index in [1.165, 1.54) is 13.2 Å². The van der Waals surface area contributed by atoms with Gasteiger partial charge in [0.2, 0.25) is 6.36 Å². The molecule has 0 aromatic heterocycles. The van der Waals surface area contributed by atoms with Gasteiger partial charge in [0.05, 0.1) is 7.11 Å². The number of amides is 1. The maximum atomic E-state index is 13.0. The molecule has 1 aromatic carbocycles. The van der Waals surface area contributed by atoms with Crippen molar-refractivity contribution in [1.29, 1.82) is 0 Å². The van der Waals surface area contributed by atoms with Crippen LogP contribution in [0.4, 0.5) is 9.18 Å². The standard InChI is InChI=1S/C13H18FNO4/c1-3-4-12(14)19-13(17)15-8-9-5-6-10(16)11(7-9)18-2/h5-7,12,16H,3-4,8H2,1-2H3,(H,15,17). The van der Waals surface area contributed by atoms with Gasteiger partial charge in [-0.15, -0.1) is 0 Å². The molecule has 0 aliphatic heterocycles. The molecule has 1 atom stereocenters. The molecule has 0 radical (unpaired) electrons. The molecule has 19 heavy (non-hydrogen) atoms. The van der Waals surface area contributed by atoms with Crippen molar-refractivity contribution in [2.24, 2.45) is 0 Å². The topological polar surface area (TPSA) is 67.8 Å². The fourth-order valence-electron chi connectivity index (χ4n) is 1.45. The van der Waals surface area contributed by atoms with E-state index in [9.17, 15) is 14.3 Å². The van der Waals surface area contributed by atoms with E-state index < -0.39 is 12.5 Å². The molecule has 0 saturated carbocycles. The Balaban J connectivity index is 2.46. The highest BCUT2D eigenvalue weighted by atomic mass is 19.1. The van der Waals surface area contributed by atoms with Crippen molar-refractivity contribution in [2.45, 2.75) is 32.7 Å². The van der Waals surface area contributed by atoms with Crippen LogP contribution in [0.15, 0.2) is 18.2 Å². The second-order valence-electron chi connectivity index (χ2n) is 3.96. The molecule has 0 fully saturated rings. The predicted octanol–water partition coefficient (Wildman–Crippen LogP) is 2.72. The number of methoxy groups -OCH3 is 1. The number of nitrogens with one attached hydrogen (secondary N) is 1. The van der Waals surface area contributed by atoms with Gasteiger partial charge in [0, 0.05) is 13.0 Å². The lowest BCUT2D eigenvalue weighted by Gasteiger charge is -2.11. The van der Waals surface area contributed by atoms with Gasteiger partial charge < -0.3 is 19.9 Å². The Morgan fingerprint density at radius 2 is 2.26 bits per heavy atom. The average molecular weight is 271 g/mol. The van der Waals surface area contributed by atoms with Crippen LogP contribution < -0.4 is 10.1 Å². The minimum atomic E-state index is -1.58. The number of alkyl halides is 1. The number of alkyl carbamates (subject to hydrolysis) is 1. The zero-order chi connectivity index (χ0) is 14.3. The summed E-state index contributed by atoms with van der Waals surface area (Å²) in [5, 5.41) is 11.8. The predicted molar refractivity (Wildman–Crippen MR) is 67.8 cm³/mol. The molecule has 2 N–H and O–H groups in total.